The zero-order chi connectivity index (χ0) is 19.4. The Labute approximate surface area is 163 Å². The quantitative estimate of drug-likeness (QED) is 0.600. The first-order valence-electron chi connectivity index (χ1n) is 8.19. The van der Waals surface area contributed by atoms with Crippen LogP contribution >= 0.6 is 15.9 Å². The Bertz CT molecular complexity index is 1050. The predicted molar refractivity (Wildman–Crippen MR) is 104 cm³/mol. The lowest BCUT2D eigenvalue weighted by Crippen LogP contribution is -2.13. The maximum absolute atomic E-state index is 12.3. The van der Waals surface area contributed by atoms with Crippen LogP contribution in [0.5, 0.6) is 11.5 Å². The number of rotatable bonds is 6. The van der Waals surface area contributed by atoms with E-state index in [1.165, 1.54) is 7.11 Å². The molecule has 0 radical (unpaired) electrons. The van der Waals surface area contributed by atoms with Crippen LogP contribution in [0.4, 0.5) is 0 Å². The first kappa shape index (κ1) is 18.9. The van der Waals surface area contributed by atoms with Gasteiger partial charge >= 0.3 is 5.97 Å². The third-order valence-corrected chi connectivity index (χ3v) is 4.35. The summed E-state index contributed by atoms with van der Waals surface area (Å²) in [4.78, 5) is 31.0. The molecule has 2 aromatic carbocycles. The van der Waals surface area contributed by atoms with Gasteiger partial charge in [-0.2, -0.15) is 0 Å². The lowest BCUT2D eigenvalue weighted by Gasteiger charge is -2.15. The summed E-state index contributed by atoms with van der Waals surface area (Å²) in [6.07, 6.45) is 0. The van der Waals surface area contributed by atoms with E-state index in [1.54, 1.807) is 30.3 Å². The molecule has 3 aromatic rings. The first-order valence-corrected chi connectivity index (χ1v) is 8.98. The van der Waals surface area contributed by atoms with Crippen LogP contribution in [0.1, 0.15) is 6.92 Å². The third-order valence-electron chi connectivity index (χ3n) is 3.76. The van der Waals surface area contributed by atoms with Crippen molar-refractivity contribution in [2.75, 3.05) is 20.3 Å². The molecule has 0 saturated heterocycles. The summed E-state index contributed by atoms with van der Waals surface area (Å²) >= 11 is 3.43. The van der Waals surface area contributed by atoms with Gasteiger partial charge in [0.05, 0.1) is 29.1 Å². The fourth-order valence-electron chi connectivity index (χ4n) is 2.52. The zero-order valence-electron chi connectivity index (χ0n) is 14.7. The standard InChI is InChI=1S/C19H17BrN2O5/c1-3-26-15-9-11(8-13(20)17(15)27-10-16(23)25-2)18-21-14-7-5-4-6-12(14)19(24)22-18/h4-9H,3,10H2,1-2H3,(H,21,22,24). The van der Waals surface area contributed by atoms with Gasteiger partial charge in [-0.25, -0.2) is 9.78 Å². The van der Waals surface area contributed by atoms with Crippen LogP contribution in [0.3, 0.4) is 0 Å². The van der Waals surface area contributed by atoms with Crippen LogP contribution in [-0.2, 0) is 9.53 Å². The number of para-hydroxylation sites is 1. The van der Waals surface area contributed by atoms with Gasteiger partial charge < -0.3 is 19.2 Å². The summed E-state index contributed by atoms with van der Waals surface area (Å²) in [6, 6.07) is 10.5. The molecule has 1 heterocycles. The number of hydrogen-bond acceptors (Lipinski definition) is 6. The average Bonchev–Trinajstić information content (AvgIpc) is 2.67. The van der Waals surface area contributed by atoms with Crippen molar-refractivity contribution >= 4 is 32.8 Å². The second kappa shape index (κ2) is 8.22. The van der Waals surface area contributed by atoms with Crippen LogP contribution in [0.25, 0.3) is 22.3 Å². The number of esters is 1. The number of methoxy groups -OCH3 is 1. The number of aromatic nitrogens is 2. The number of nitrogens with one attached hydrogen (secondary N) is 1. The molecule has 0 unspecified atom stereocenters. The summed E-state index contributed by atoms with van der Waals surface area (Å²) in [5.41, 5.74) is 1.01. The van der Waals surface area contributed by atoms with Gasteiger partial charge in [-0.05, 0) is 47.1 Å². The van der Waals surface area contributed by atoms with Crippen molar-refractivity contribution in [3.63, 3.8) is 0 Å². The Balaban J connectivity index is 2.06. The lowest BCUT2D eigenvalue weighted by molar-refractivity contribution is -0.142. The molecule has 0 saturated carbocycles. The number of carbonyl (C=O) groups is 1. The van der Waals surface area contributed by atoms with E-state index in [9.17, 15) is 9.59 Å². The van der Waals surface area contributed by atoms with E-state index in [4.69, 9.17) is 9.47 Å². The first-order chi connectivity index (χ1) is 13.0. The van der Waals surface area contributed by atoms with Gasteiger partial charge in [0.15, 0.2) is 18.1 Å². The number of hydrogen-bond donors (Lipinski definition) is 1. The molecule has 140 valence electrons. The molecule has 0 aliphatic heterocycles. The van der Waals surface area contributed by atoms with Crippen molar-refractivity contribution in [1.82, 2.24) is 9.97 Å². The highest BCUT2D eigenvalue weighted by atomic mass is 79.9. The fraction of sp³-hybridized carbons (Fsp3) is 0.211. The van der Waals surface area contributed by atoms with E-state index in [0.717, 1.165) is 0 Å². The van der Waals surface area contributed by atoms with Crippen molar-refractivity contribution in [2.24, 2.45) is 0 Å². The monoisotopic (exact) mass is 432 g/mol. The number of nitrogens with zero attached hydrogens (tertiary/aromatic N) is 1. The number of benzene rings is 2. The molecule has 0 bridgehead atoms. The molecule has 27 heavy (non-hydrogen) atoms. The highest BCUT2D eigenvalue weighted by molar-refractivity contribution is 9.10. The summed E-state index contributed by atoms with van der Waals surface area (Å²) in [5.74, 6) is 0.685. The summed E-state index contributed by atoms with van der Waals surface area (Å²) < 4.78 is 16.3. The SMILES string of the molecule is CCOc1cc(-c2nc3ccccc3c(=O)[nH]2)cc(Br)c1OCC(=O)OC. The normalized spacial score (nSPS) is 10.6. The molecule has 0 fully saturated rings. The number of ether oxygens (including phenoxy) is 3. The minimum Gasteiger partial charge on any atom is -0.490 e. The number of halogens is 1. The molecule has 0 amide bonds. The Morgan fingerprint density at radius 2 is 2.00 bits per heavy atom. The van der Waals surface area contributed by atoms with Crippen LogP contribution in [0.2, 0.25) is 0 Å². The molecule has 0 aliphatic carbocycles. The van der Waals surface area contributed by atoms with Crippen molar-refractivity contribution in [1.29, 1.82) is 0 Å². The Morgan fingerprint density at radius 3 is 2.74 bits per heavy atom. The number of carbonyl (C=O) groups excluding carboxylic acids is 1. The molecule has 0 atom stereocenters. The van der Waals surface area contributed by atoms with Crippen LogP contribution < -0.4 is 15.0 Å². The van der Waals surface area contributed by atoms with Gasteiger partial charge in [0.2, 0.25) is 0 Å². The van der Waals surface area contributed by atoms with E-state index < -0.39 is 5.97 Å². The minimum atomic E-state index is -0.506. The second-order valence-electron chi connectivity index (χ2n) is 5.51. The van der Waals surface area contributed by atoms with Crippen LogP contribution in [0, 0.1) is 0 Å². The smallest absolute Gasteiger partial charge is 0.343 e. The summed E-state index contributed by atoms with van der Waals surface area (Å²) in [5, 5.41) is 0.517. The molecular weight excluding hydrogens is 416 g/mol. The Hall–Kier alpha value is -2.87. The van der Waals surface area contributed by atoms with Crippen molar-refractivity contribution in [3.05, 3.63) is 51.2 Å². The van der Waals surface area contributed by atoms with Crippen molar-refractivity contribution in [3.8, 4) is 22.9 Å². The van der Waals surface area contributed by atoms with Gasteiger partial charge in [0.25, 0.3) is 5.56 Å². The maximum atomic E-state index is 12.3. The molecular formula is C19H17BrN2O5. The van der Waals surface area contributed by atoms with Crippen molar-refractivity contribution in [2.45, 2.75) is 6.92 Å². The van der Waals surface area contributed by atoms with Gasteiger partial charge in [-0.3, -0.25) is 4.79 Å². The van der Waals surface area contributed by atoms with Crippen LogP contribution in [-0.4, -0.2) is 36.3 Å². The molecule has 1 aromatic heterocycles. The summed E-state index contributed by atoms with van der Waals surface area (Å²) in [6.45, 7) is 1.98. The molecule has 8 heteroatoms. The van der Waals surface area contributed by atoms with Gasteiger partial charge in [-0.15, -0.1) is 0 Å². The maximum Gasteiger partial charge on any atom is 0.343 e. The Morgan fingerprint density at radius 1 is 1.22 bits per heavy atom. The van der Waals surface area contributed by atoms with Gasteiger partial charge in [0.1, 0.15) is 5.82 Å². The largest absolute Gasteiger partial charge is 0.490 e. The summed E-state index contributed by atoms with van der Waals surface area (Å²) in [7, 11) is 1.29. The third kappa shape index (κ3) is 4.11. The van der Waals surface area contributed by atoms with Crippen molar-refractivity contribution < 1.29 is 19.0 Å². The van der Waals surface area contributed by atoms with Gasteiger partial charge in [-0.1, -0.05) is 12.1 Å². The topological polar surface area (TPSA) is 90.5 Å². The number of aromatic amines is 1. The Kier molecular flexibility index (Phi) is 5.75. The highest BCUT2D eigenvalue weighted by Crippen LogP contribution is 2.39. The highest BCUT2D eigenvalue weighted by Gasteiger charge is 2.16. The van der Waals surface area contributed by atoms with E-state index >= 15 is 0 Å². The van der Waals surface area contributed by atoms with E-state index in [1.807, 2.05) is 13.0 Å². The number of H-pyrrole nitrogens is 1. The fourth-order valence-corrected chi connectivity index (χ4v) is 3.08. The molecule has 7 nitrogen and oxygen atoms in total. The van der Waals surface area contributed by atoms with E-state index in [-0.39, 0.29) is 12.2 Å². The second-order valence-corrected chi connectivity index (χ2v) is 6.37. The molecule has 3 rings (SSSR count). The minimum absolute atomic E-state index is 0.226. The van der Waals surface area contributed by atoms with E-state index in [2.05, 4.69) is 30.6 Å². The molecule has 0 aliphatic rings. The molecule has 0 spiro atoms. The van der Waals surface area contributed by atoms with Crippen LogP contribution in [0.15, 0.2) is 45.7 Å². The molecule has 1 N–H and O–H groups in total. The zero-order valence-corrected chi connectivity index (χ0v) is 16.3. The average molecular weight is 433 g/mol. The lowest BCUT2D eigenvalue weighted by atomic mass is 10.1. The number of fused-ring (bicyclic) bond motifs is 1. The predicted octanol–water partition coefficient (Wildman–Crippen LogP) is 3.30. The van der Waals surface area contributed by atoms with Gasteiger partial charge in [0, 0.05) is 5.56 Å². The van der Waals surface area contributed by atoms with E-state index in [0.29, 0.717) is 44.9 Å².